The summed E-state index contributed by atoms with van der Waals surface area (Å²) in [7, 11) is 0. The fourth-order valence-electron chi connectivity index (χ4n) is 2.49. The van der Waals surface area contributed by atoms with Crippen molar-refractivity contribution in [1.29, 1.82) is 0 Å². The van der Waals surface area contributed by atoms with Gasteiger partial charge in [0.15, 0.2) is 0 Å². The van der Waals surface area contributed by atoms with Crippen molar-refractivity contribution in [1.82, 2.24) is 10.2 Å². The minimum Gasteiger partial charge on any atom is -0.443 e. The smallest absolute Gasteiger partial charge is 0.417 e. The van der Waals surface area contributed by atoms with Gasteiger partial charge in [-0.15, -0.1) is 0 Å². The molecule has 5 nitrogen and oxygen atoms in total. The van der Waals surface area contributed by atoms with Crippen LogP contribution in [0, 0.1) is 0 Å². The summed E-state index contributed by atoms with van der Waals surface area (Å²) in [4.78, 5) is 26.6. The van der Waals surface area contributed by atoms with E-state index in [0.29, 0.717) is 5.56 Å². The summed E-state index contributed by atoms with van der Waals surface area (Å²) in [5, 5.41) is 3.25. The number of imide groups is 1. The molecule has 1 aromatic rings. The van der Waals surface area contributed by atoms with E-state index in [-0.39, 0.29) is 11.9 Å². The zero-order valence-electron chi connectivity index (χ0n) is 13.5. The maximum Gasteiger partial charge on any atom is 0.417 e. The Morgan fingerprint density at radius 2 is 1.73 bits per heavy atom. The molecule has 0 radical (unpaired) electrons. The summed E-state index contributed by atoms with van der Waals surface area (Å²) in [6, 6.07) is 8.76. The van der Waals surface area contributed by atoms with E-state index in [2.05, 4.69) is 5.32 Å². The molecule has 0 aromatic heterocycles. The monoisotopic (exact) mass is 304 g/mol. The number of nitrogens with zero attached hydrogens (tertiary/aromatic N) is 1. The van der Waals surface area contributed by atoms with E-state index in [1.165, 1.54) is 4.90 Å². The summed E-state index contributed by atoms with van der Waals surface area (Å²) in [5.74, 6) is -0.290. The van der Waals surface area contributed by atoms with Crippen molar-refractivity contribution in [3.63, 3.8) is 0 Å². The lowest BCUT2D eigenvalue weighted by Crippen LogP contribution is -2.50. The van der Waals surface area contributed by atoms with Crippen LogP contribution in [0.3, 0.4) is 0 Å². The molecule has 1 aliphatic rings. The molecule has 0 bridgehead atoms. The Balaban J connectivity index is 2.24. The molecule has 0 atom stereocenters. The molecule has 22 heavy (non-hydrogen) atoms. The number of amides is 2. The predicted octanol–water partition coefficient (Wildman–Crippen LogP) is 2.82. The molecule has 1 saturated heterocycles. The summed E-state index contributed by atoms with van der Waals surface area (Å²) in [5.41, 5.74) is -0.119. The van der Waals surface area contributed by atoms with E-state index >= 15 is 0 Å². The van der Waals surface area contributed by atoms with Gasteiger partial charge in [-0.25, -0.2) is 9.69 Å². The number of piperidine rings is 1. The van der Waals surface area contributed by atoms with E-state index in [1.807, 2.05) is 6.07 Å². The quantitative estimate of drug-likeness (QED) is 0.913. The summed E-state index contributed by atoms with van der Waals surface area (Å²) in [6.45, 7) is 7.01. The van der Waals surface area contributed by atoms with Gasteiger partial charge in [-0.2, -0.15) is 0 Å². The van der Waals surface area contributed by atoms with Gasteiger partial charge < -0.3 is 10.1 Å². The molecule has 1 fully saturated rings. The maximum absolute atomic E-state index is 12.8. The first-order chi connectivity index (χ1) is 10.4. The second-order valence-electron chi connectivity index (χ2n) is 6.50. The first kappa shape index (κ1) is 16.5. The van der Waals surface area contributed by atoms with Crippen LogP contribution in [0.1, 0.15) is 44.0 Å². The van der Waals surface area contributed by atoms with E-state index in [9.17, 15) is 9.59 Å². The number of ether oxygens (including phenoxy) is 1. The molecule has 5 heteroatoms. The standard InChI is InChI=1S/C17H24N2O3/c1-17(2,3)22-16(21)19(14-9-11-18-12-10-14)15(20)13-7-5-4-6-8-13/h4-8,14,18H,9-12H2,1-3H3. The molecule has 1 heterocycles. The Morgan fingerprint density at radius 1 is 1.14 bits per heavy atom. The van der Waals surface area contributed by atoms with Crippen molar-refractivity contribution in [2.45, 2.75) is 45.3 Å². The number of hydrogen-bond donors (Lipinski definition) is 1. The lowest BCUT2D eigenvalue weighted by atomic mass is 10.0. The van der Waals surface area contributed by atoms with Crippen LogP contribution in [0.2, 0.25) is 0 Å². The van der Waals surface area contributed by atoms with Crippen LogP contribution in [0.15, 0.2) is 30.3 Å². The SMILES string of the molecule is CC(C)(C)OC(=O)N(C(=O)c1ccccc1)C1CCNCC1. The number of benzene rings is 1. The zero-order chi connectivity index (χ0) is 16.2. The van der Waals surface area contributed by atoms with Crippen LogP contribution in [0.5, 0.6) is 0 Å². The van der Waals surface area contributed by atoms with Crippen LogP contribution < -0.4 is 5.32 Å². The lowest BCUT2D eigenvalue weighted by molar-refractivity contribution is 0.0139. The number of rotatable bonds is 2. The second kappa shape index (κ2) is 6.92. The largest absolute Gasteiger partial charge is 0.443 e. The molecule has 0 saturated carbocycles. The van der Waals surface area contributed by atoms with Crippen molar-refractivity contribution in [3.8, 4) is 0 Å². The van der Waals surface area contributed by atoms with Crippen LogP contribution >= 0.6 is 0 Å². The average molecular weight is 304 g/mol. The fourth-order valence-corrected chi connectivity index (χ4v) is 2.49. The molecule has 120 valence electrons. The Hall–Kier alpha value is -1.88. The highest BCUT2D eigenvalue weighted by molar-refractivity contribution is 6.03. The van der Waals surface area contributed by atoms with Gasteiger partial charge in [0, 0.05) is 11.6 Å². The van der Waals surface area contributed by atoms with Crippen molar-refractivity contribution >= 4 is 12.0 Å². The van der Waals surface area contributed by atoms with Gasteiger partial charge in [0.25, 0.3) is 5.91 Å². The molecule has 1 aromatic carbocycles. The number of carbonyl (C=O) groups is 2. The number of nitrogens with one attached hydrogen (secondary N) is 1. The zero-order valence-corrected chi connectivity index (χ0v) is 13.5. The van der Waals surface area contributed by atoms with Crippen LogP contribution in [-0.4, -0.2) is 41.6 Å². The summed E-state index contributed by atoms with van der Waals surface area (Å²) < 4.78 is 5.44. The predicted molar refractivity (Wildman–Crippen MR) is 84.7 cm³/mol. The Kier molecular flexibility index (Phi) is 5.19. The third-order valence-corrected chi connectivity index (χ3v) is 3.50. The van der Waals surface area contributed by atoms with Crippen molar-refractivity contribution in [3.05, 3.63) is 35.9 Å². The minimum absolute atomic E-state index is 0.121. The Morgan fingerprint density at radius 3 is 2.27 bits per heavy atom. The molecular weight excluding hydrogens is 280 g/mol. The van der Waals surface area contributed by atoms with Gasteiger partial charge in [0.05, 0.1) is 0 Å². The van der Waals surface area contributed by atoms with Crippen LogP contribution in [0.4, 0.5) is 4.79 Å². The molecule has 2 rings (SSSR count). The minimum atomic E-state index is -0.626. The van der Waals surface area contributed by atoms with Gasteiger partial charge >= 0.3 is 6.09 Å². The van der Waals surface area contributed by atoms with E-state index < -0.39 is 11.7 Å². The van der Waals surface area contributed by atoms with E-state index in [0.717, 1.165) is 25.9 Å². The molecule has 0 unspecified atom stereocenters. The molecule has 0 aliphatic carbocycles. The highest BCUT2D eigenvalue weighted by atomic mass is 16.6. The number of hydrogen-bond acceptors (Lipinski definition) is 4. The van der Waals surface area contributed by atoms with Crippen molar-refractivity contribution < 1.29 is 14.3 Å². The highest BCUT2D eigenvalue weighted by Gasteiger charge is 2.34. The van der Waals surface area contributed by atoms with Gasteiger partial charge in [-0.3, -0.25) is 4.79 Å². The normalized spacial score (nSPS) is 16.1. The van der Waals surface area contributed by atoms with Gasteiger partial charge in [0.1, 0.15) is 5.60 Å². The average Bonchev–Trinajstić information content (AvgIpc) is 2.47. The molecular formula is C17H24N2O3. The molecule has 1 N–H and O–H groups in total. The number of carbonyl (C=O) groups excluding carboxylic acids is 2. The Labute approximate surface area is 131 Å². The van der Waals surface area contributed by atoms with Gasteiger partial charge in [-0.05, 0) is 58.8 Å². The topological polar surface area (TPSA) is 58.6 Å². The van der Waals surface area contributed by atoms with Gasteiger partial charge in [-0.1, -0.05) is 18.2 Å². The first-order valence-electron chi connectivity index (χ1n) is 7.71. The van der Waals surface area contributed by atoms with E-state index in [4.69, 9.17) is 4.74 Å². The van der Waals surface area contributed by atoms with Crippen LogP contribution in [0.25, 0.3) is 0 Å². The lowest BCUT2D eigenvalue weighted by Gasteiger charge is -2.34. The molecule has 0 spiro atoms. The van der Waals surface area contributed by atoms with Gasteiger partial charge in [0.2, 0.25) is 0 Å². The molecule has 2 amide bonds. The third kappa shape index (κ3) is 4.31. The van der Waals surface area contributed by atoms with Crippen molar-refractivity contribution in [2.75, 3.05) is 13.1 Å². The second-order valence-corrected chi connectivity index (χ2v) is 6.50. The first-order valence-corrected chi connectivity index (χ1v) is 7.71. The van der Waals surface area contributed by atoms with Crippen molar-refractivity contribution in [2.24, 2.45) is 0 Å². The third-order valence-electron chi connectivity index (χ3n) is 3.50. The van der Waals surface area contributed by atoms with E-state index in [1.54, 1.807) is 45.0 Å². The Bertz CT molecular complexity index is 516. The fraction of sp³-hybridized carbons (Fsp3) is 0.529. The van der Waals surface area contributed by atoms with Crippen LogP contribution in [-0.2, 0) is 4.74 Å². The highest BCUT2D eigenvalue weighted by Crippen LogP contribution is 2.20. The summed E-state index contributed by atoms with van der Waals surface area (Å²) >= 11 is 0. The maximum atomic E-state index is 12.8. The molecule has 1 aliphatic heterocycles. The summed E-state index contributed by atoms with van der Waals surface area (Å²) in [6.07, 6.45) is 0.934.